The molecular weight excluding hydrogens is 539 g/mol. The second-order valence-corrected chi connectivity index (χ2v) is 12.3. The fraction of sp³-hybridized carbons (Fsp3) is 0.552. The van der Waals surface area contributed by atoms with Crippen LogP contribution in [-0.4, -0.2) is 82.4 Å². The highest BCUT2D eigenvalue weighted by Gasteiger charge is 2.42. The Bertz CT molecular complexity index is 1310. The Kier molecular flexibility index (Phi) is 7.50. The Hall–Kier alpha value is -3.27. The summed E-state index contributed by atoms with van der Waals surface area (Å²) in [5.41, 5.74) is -0.563. The number of hydrogen-bond donors (Lipinski definition) is 1. The first-order valence-electron chi connectivity index (χ1n) is 13.8. The van der Waals surface area contributed by atoms with Crippen LogP contribution >= 0.6 is 11.6 Å². The number of phenols is 1. The third-order valence-corrected chi connectivity index (χ3v) is 8.33. The molecule has 0 aliphatic carbocycles. The molecule has 0 bridgehead atoms. The molecule has 40 heavy (non-hydrogen) atoms. The van der Waals surface area contributed by atoms with E-state index in [1.807, 2.05) is 0 Å². The van der Waals surface area contributed by atoms with Gasteiger partial charge in [-0.15, -0.1) is 0 Å². The lowest BCUT2D eigenvalue weighted by molar-refractivity contribution is 0.000952. The van der Waals surface area contributed by atoms with E-state index in [2.05, 4.69) is 18.7 Å². The summed E-state index contributed by atoms with van der Waals surface area (Å²) in [6, 6.07) is 3.58. The Balaban J connectivity index is 1.60. The van der Waals surface area contributed by atoms with Gasteiger partial charge in [-0.2, -0.15) is 0 Å². The van der Waals surface area contributed by atoms with Gasteiger partial charge in [0.15, 0.2) is 5.75 Å². The number of carbonyl (C=O) groups excluding carboxylic acids is 2. The van der Waals surface area contributed by atoms with Gasteiger partial charge >= 0.3 is 6.09 Å². The maximum absolute atomic E-state index is 15.1. The van der Waals surface area contributed by atoms with Crippen LogP contribution in [-0.2, 0) is 4.74 Å². The topological polar surface area (TPSA) is 95.4 Å². The highest BCUT2D eigenvalue weighted by Crippen LogP contribution is 2.47. The Morgan fingerprint density at radius 1 is 1.18 bits per heavy atom. The number of halogens is 2. The molecule has 216 valence electrons. The molecule has 3 atom stereocenters. The second kappa shape index (κ2) is 10.6. The molecule has 2 aromatic rings. The number of anilines is 1. The number of ether oxygens (including phenoxy) is 2. The van der Waals surface area contributed by atoms with Crippen LogP contribution in [0.2, 0.25) is 5.02 Å². The molecule has 11 heteroatoms. The van der Waals surface area contributed by atoms with Crippen molar-refractivity contribution in [2.75, 3.05) is 37.7 Å². The highest BCUT2D eigenvalue weighted by atomic mass is 35.5. The number of nitrogens with zero attached hydrogens (tertiary/aromatic N) is 4. The standard InChI is InChI=1S/C29H36ClFN4O5/c1-16-8-7-11-34(17(16)2)26-22-25(23(30)24(32-26)21-19(31)9-6-10-20(21)36)39-15-18-14-33(12-13-35(18)27(22)37)28(38)40-29(3,4)5/h6,9-10,16-18,36H,7-8,11-15H2,1-5H3/t16?,17?,18-/m1/s1. The normalized spacial score (nSPS) is 23.2. The van der Waals surface area contributed by atoms with E-state index in [9.17, 15) is 14.7 Å². The number of fused-ring (bicyclic) bond motifs is 2. The largest absolute Gasteiger partial charge is 0.507 e. The minimum absolute atomic E-state index is 0.0134. The molecule has 2 unspecified atom stereocenters. The molecule has 1 N–H and O–H groups in total. The van der Waals surface area contributed by atoms with Crippen LogP contribution in [0.3, 0.4) is 0 Å². The van der Waals surface area contributed by atoms with Gasteiger partial charge in [-0.1, -0.05) is 24.6 Å². The van der Waals surface area contributed by atoms with E-state index in [0.717, 1.165) is 12.8 Å². The van der Waals surface area contributed by atoms with Crippen LogP contribution in [0.25, 0.3) is 11.3 Å². The zero-order chi connectivity index (χ0) is 28.9. The summed E-state index contributed by atoms with van der Waals surface area (Å²) in [6.45, 7) is 11.2. The first-order chi connectivity index (χ1) is 18.9. The first kappa shape index (κ1) is 28.3. The van der Waals surface area contributed by atoms with Crippen LogP contribution < -0.4 is 9.64 Å². The molecule has 4 heterocycles. The minimum Gasteiger partial charge on any atom is -0.507 e. The molecule has 5 rings (SSSR count). The van der Waals surface area contributed by atoms with E-state index in [-0.39, 0.29) is 65.0 Å². The van der Waals surface area contributed by atoms with Gasteiger partial charge in [0, 0.05) is 32.2 Å². The Morgan fingerprint density at radius 2 is 1.93 bits per heavy atom. The van der Waals surface area contributed by atoms with E-state index in [4.69, 9.17) is 26.1 Å². The maximum Gasteiger partial charge on any atom is 0.410 e. The molecule has 3 aliphatic rings. The van der Waals surface area contributed by atoms with Crippen LogP contribution in [0, 0.1) is 11.7 Å². The first-order valence-corrected chi connectivity index (χ1v) is 14.1. The Labute approximate surface area is 238 Å². The number of benzene rings is 1. The second-order valence-electron chi connectivity index (χ2n) is 11.9. The number of pyridine rings is 1. The van der Waals surface area contributed by atoms with Crippen molar-refractivity contribution in [2.24, 2.45) is 5.92 Å². The van der Waals surface area contributed by atoms with E-state index < -0.39 is 23.6 Å². The molecule has 0 saturated carbocycles. The average Bonchev–Trinajstić information content (AvgIpc) is 3.03. The van der Waals surface area contributed by atoms with Gasteiger partial charge in [-0.05, 0) is 58.6 Å². The van der Waals surface area contributed by atoms with E-state index >= 15 is 4.39 Å². The molecule has 3 aliphatic heterocycles. The van der Waals surface area contributed by atoms with Gasteiger partial charge in [0.2, 0.25) is 0 Å². The fourth-order valence-corrected chi connectivity index (χ4v) is 5.98. The van der Waals surface area contributed by atoms with Gasteiger partial charge in [0.1, 0.15) is 45.9 Å². The number of rotatable bonds is 2. The average molecular weight is 575 g/mol. The fourth-order valence-electron chi connectivity index (χ4n) is 5.69. The lowest BCUT2D eigenvalue weighted by Gasteiger charge is -2.41. The van der Waals surface area contributed by atoms with Crippen LogP contribution in [0.5, 0.6) is 11.5 Å². The SMILES string of the molecule is CC1CCCN(c2nc(-c3c(O)cccc3F)c(Cl)c3c2C(=O)N2CCN(C(=O)OC(C)(C)C)C[C@@H]2CO3)C1C. The summed E-state index contributed by atoms with van der Waals surface area (Å²) < 4.78 is 26.8. The molecule has 1 aromatic heterocycles. The van der Waals surface area contributed by atoms with Crippen molar-refractivity contribution >= 4 is 29.4 Å². The molecular formula is C29H36ClFN4O5. The monoisotopic (exact) mass is 574 g/mol. The third kappa shape index (κ3) is 5.13. The molecule has 0 radical (unpaired) electrons. The van der Waals surface area contributed by atoms with Crippen molar-refractivity contribution < 1.29 is 28.6 Å². The van der Waals surface area contributed by atoms with E-state index in [1.54, 1.807) is 30.6 Å². The summed E-state index contributed by atoms with van der Waals surface area (Å²) in [5, 5.41) is 10.5. The predicted molar refractivity (Wildman–Crippen MR) is 150 cm³/mol. The van der Waals surface area contributed by atoms with Crippen LogP contribution in [0.1, 0.15) is 57.8 Å². The van der Waals surface area contributed by atoms with Crippen molar-refractivity contribution in [1.82, 2.24) is 14.8 Å². The van der Waals surface area contributed by atoms with Crippen molar-refractivity contribution in [3.8, 4) is 22.8 Å². The number of piperazine rings is 1. The molecule has 0 spiro atoms. The van der Waals surface area contributed by atoms with Gasteiger partial charge < -0.3 is 29.3 Å². The Morgan fingerprint density at radius 3 is 2.62 bits per heavy atom. The summed E-state index contributed by atoms with van der Waals surface area (Å²) in [4.78, 5) is 37.1. The highest BCUT2D eigenvalue weighted by molar-refractivity contribution is 6.35. The van der Waals surface area contributed by atoms with E-state index in [1.165, 1.54) is 18.2 Å². The number of aromatic nitrogens is 1. The lowest BCUT2D eigenvalue weighted by Crippen LogP contribution is -2.58. The number of piperidine rings is 1. The third-order valence-electron chi connectivity index (χ3n) is 7.98. The summed E-state index contributed by atoms with van der Waals surface area (Å²) in [5.74, 6) is -0.509. The minimum atomic E-state index is -0.689. The number of amides is 2. The summed E-state index contributed by atoms with van der Waals surface area (Å²) in [6.07, 6.45) is 1.49. The predicted octanol–water partition coefficient (Wildman–Crippen LogP) is 5.33. The quantitative estimate of drug-likeness (QED) is 0.518. The summed E-state index contributed by atoms with van der Waals surface area (Å²) in [7, 11) is 0. The molecule has 9 nitrogen and oxygen atoms in total. The molecule has 2 amide bonds. The number of phenolic OH excluding ortho intramolecular Hbond substituents is 1. The van der Waals surface area contributed by atoms with Crippen molar-refractivity contribution in [1.29, 1.82) is 0 Å². The zero-order valence-corrected chi connectivity index (χ0v) is 24.3. The number of hydrogen-bond acceptors (Lipinski definition) is 7. The zero-order valence-electron chi connectivity index (χ0n) is 23.5. The molecule has 2 saturated heterocycles. The van der Waals surface area contributed by atoms with Gasteiger partial charge in [-0.3, -0.25) is 4.79 Å². The van der Waals surface area contributed by atoms with Crippen molar-refractivity contribution in [3.05, 3.63) is 34.6 Å². The van der Waals surface area contributed by atoms with Gasteiger partial charge in [-0.25, -0.2) is 14.2 Å². The summed E-state index contributed by atoms with van der Waals surface area (Å²) >= 11 is 6.83. The van der Waals surface area contributed by atoms with E-state index in [0.29, 0.717) is 24.8 Å². The van der Waals surface area contributed by atoms with Crippen LogP contribution in [0.15, 0.2) is 18.2 Å². The van der Waals surface area contributed by atoms with Gasteiger partial charge in [0.25, 0.3) is 5.91 Å². The van der Waals surface area contributed by atoms with Crippen molar-refractivity contribution in [2.45, 2.75) is 65.1 Å². The molecule has 1 aromatic carbocycles. The lowest BCUT2D eigenvalue weighted by atomic mass is 9.91. The van der Waals surface area contributed by atoms with Gasteiger partial charge in [0.05, 0.1) is 11.6 Å². The smallest absolute Gasteiger partial charge is 0.410 e. The number of aromatic hydroxyl groups is 1. The van der Waals surface area contributed by atoms with Crippen molar-refractivity contribution in [3.63, 3.8) is 0 Å². The van der Waals surface area contributed by atoms with Crippen LogP contribution in [0.4, 0.5) is 15.0 Å². The maximum atomic E-state index is 15.1. The number of carbonyl (C=O) groups is 2. The molecule has 2 fully saturated rings.